The molecule has 0 aliphatic rings. The van der Waals surface area contributed by atoms with Crippen molar-refractivity contribution in [1.29, 1.82) is 0 Å². The van der Waals surface area contributed by atoms with Gasteiger partial charge in [0.25, 0.3) is 0 Å². The summed E-state index contributed by atoms with van der Waals surface area (Å²) in [5.41, 5.74) is 0.147. The molecule has 0 bridgehead atoms. The van der Waals surface area contributed by atoms with Crippen LogP contribution in [0, 0.1) is 5.82 Å². The van der Waals surface area contributed by atoms with Gasteiger partial charge in [-0.25, -0.2) is 9.37 Å². The van der Waals surface area contributed by atoms with Crippen LogP contribution >= 0.6 is 11.6 Å². The summed E-state index contributed by atoms with van der Waals surface area (Å²) >= 11 is 5.92. The first-order valence-electron chi connectivity index (χ1n) is 7.81. The molecule has 0 saturated carbocycles. The molecule has 0 unspecified atom stereocenters. The van der Waals surface area contributed by atoms with Gasteiger partial charge in [0.05, 0.1) is 27.9 Å². The predicted octanol–water partition coefficient (Wildman–Crippen LogP) is 6.10. The van der Waals surface area contributed by atoms with Gasteiger partial charge in [0, 0.05) is 16.8 Å². The van der Waals surface area contributed by atoms with E-state index in [4.69, 9.17) is 11.6 Å². The minimum absolute atomic E-state index is 0.0309. The highest BCUT2D eigenvalue weighted by molar-refractivity contribution is 6.31. The Hall–Kier alpha value is -2.93. The average Bonchev–Trinajstić information content (AvgIpc) is 3.03. The number of aromatic nitrogens is 3. The van der Waals surface area contributed by atoms with Crippen LogP contribution in [0.1, 0.15) is 5.56 Å². The molecule has 2 aromatic carbocycles. The Bertz CT molecular complexity index is 1150. The van der Waals surface area contributed by atoms with E-state index >= 15 is 0 Å². The second kappa shape index (κ2) is 6.35. The molecule has 1 N–H and O–H groups in total. The van der Waals surface area contributed by atoms with Crippen LogP contribution in [-0.4, -0.2) is 15.0 Å². The molecule has 3 nitrogen and oxygen atoms in total. The second-order valence-corrected chi connectivity index (χ2v) is 6.28. The molecule has 0 amide bonds. The number of hydrogen-bond acceptors (Lipinski definition) is 2. The smallest absolute Gasteiger partial charge is 0.338 e. The maximum absolute atomic E-state index is 14.7. The summed E-state index contributed by atoms with van der Waals surface area (Å²) in [6, 6.07) is 10.9. The van der Waals surface area contributed by atoms with E-state index in [1.807, 2.05) is 0 Å². The number of H-pyrrole nitrogens is 1. The summed E-state index contributed by atoms with van der Waals surface area (Å²) in [5.74, 6) is -0.454. The van der Waals surface area contributed by atoms with Crippen molar-refractivity contribution >= 4 is 22.6 Å². The number of benzene rings is 2. The maximum Gasteiger partial charge on any atom is 0.418 e. The minimum atomic E-state index is -4.59. The van der Waals surface area contributed by atoms with Gasteiger partial charge in [-0.2, -0.15) is 13.2 Å². The van der Waals surface area contributed by atoms with Crippen LogP contribution in [0.2, 0.25) is 5.02 Å². The van der Waals surface area contributed by atoms with Crippen molar-refractivity contribution in [1.82, 2.24) is 15.0 Å². The van der Waals surface area contributed by atoms with Crippen molar-refractivity contribution in [2.75, 3.05) is 0 Å². The van der Waals surface area contributed by atoms with E-state index in [1.165, 1.54) is 24.4 Å². The zero-order valence-corrected chi connectivity index (χ0v) is 14.2. The number of imidazole rings is 1. The quantitative estimate of drug-likeness (QED) is 0.419. The van der Waals surface area contributed by atoms with Gasteiger partial charge >= 0.3 is 6.18 Å². The molecule has 2 heterocycles. The number of fused-ring (bicyclic) bond motifs is 1. The normalized spacial score (nSPS) is 11.9. The lowest BCUT2D eigenvalue weighted by Crippen LogP contribution is -2.08. The third-order valence-corrected chi connectivity index (χ3v) is 4.29. The number of nitrogens with one attached hydrogen (secondary N) is 1. The van der Waals surface area contributed by atoms with Crippen LogP contribution in [0.5, 0.6) is 0 Å². The van der Waals surface area contributed by atoms with E-state index in [2.05, 4.69) is 15.0 Å². The van der Waals surface area contributed by atoms with Crippen molar-refractivity contribution in [3.63, 3.8) is 0 Å². The molecule has 0 aliphatic carbocycles. The fourth-order valence-corrected chi connectivity index (χ4v) is 3.00. The number of rotatable bonds is 2. The molecule has 0 aliphatic heterocycles. The lowest BCUT2D eigenvalue weighted by molar-refractivity contribution is -0.137. The second-order valence-electron chi connectivity index (χ2n) is 5.84. The Kier molecular flexibility index (Phi) is 4.11. The monoisotopic (exact) mass is 391 g/mol. The molecule has 8 heteroatoms. The lowest BCUT2D eigenvalue weighted by Gasteiger charge is -2.12. The van der Waals surface area contributed by atoms with Crippen molar-refractivity contribution in [3.8, 4) is 22.6 Å². The Morgan fingerprint density at radius 3 is 2.56 bits per heavy atom. The molecule has 2 aromatic heterocycles. The van der Waals surface area contributed by atoms with Gasteiger partial charge in [-0.1, -0.05) is 17.7 Å². The summed E-state index contributed by atoms with van der Waals surface area (Å²) in [7, 11) is 0. The van der Waals surface area contributed by atoms with Gasteiger partial charge in [-0.05, 0) is 42.5 Å². The summed E-state index contributed by atoms with van der Waals surface area (Å²) in [4.78, 5) is 11.0. The molecule has 27 heavy (non-hydrogen) atoms. The molecule has 4 aromatic rings. The molecule has 0 atom stereocenters. The van der Waals surface area contributed by atoms with Crippen LogP contribution < -0.4 is 0 Å². The molecular weight excluding hydrogens is 382 g/mol. The SMILES string of the molecule is Fc1cc(-c2ncccc2C(F)(F)F)ccc1-c1nc2ccc(Cl)cc2[nH]1. The standard InChI is InChI=1S/C19H10ClF4N3/c20-11-4-6-15-16(9-11)27-18(26-15)12-5-3-10(8-14(12)21)17-13(19(22,23)24)2-1-7-25-17/h1-9H,(H,26,27). The van der Waals surface area contributed by atoms with Gasteiger partial charge in [-0.15, -0.1) is 0 Å². The zero-order valence-electron chi connectivity index (χ0n) is 13.5. The molecule has 0 saturated heterocycles. The first-order valence-corrected chi connectivity index (χ1v) is 8.18. The zero-order chi connectivity index (χ0) is 19.2. The van der Waals surface area contributed by atoms with Gasteiger partial charge in [-0.3, -0.25) is 4.98 Å². The van der Waals surface area contributed by atoms with E-state index in [1.54, 1.807) is 18.2 Å². The Morgan fingerprint density at radius 1 is 1.00 bits per heavy atom. The van der Waals surface area contributed by atoms with E-state index in [0.717, 1.165) is 12.1 Å². The van der Waals surface area contributed by atoms with Crippen molar-refractivity contribution in [3.05, 3.63) is 71.1 Å². The van der Waals surface area contributed by atoms with Crippen molar-refractivity contribution in [2.24, 2.45) is 0 Å². The maximum atomic E-state index is 14.7. The van der Waals surface area contributed by atoms with Crippen molar-refractivity contribution in [2.45, 2.75) is 6.18 Å². The molecule has 136 valence electrons. The topological polar surface area (TPSA) is 41.6 Å². The number of halogens is 5. The Balaban J connectivity index is 1.79. The van der Waals surface area contributed by atoms with E-state index < -0.39 is 17.6 Å². The lowest BCUT2D eigenvalue weighted by atomic mass is 10.0. The van der Waals surface area contributed by atoms with Crippen LogP contribution in [0.15, 0.2) is 54.7 Å². The molecule has 0 radical (unpaired) electrons. The molecule has 4 rings (SSSR count). The summed E-state index contributed by atoms with van der Waals surface area (Å²) in [6.07, 6.45) is -3.35. The third-order valence-electron chi connectivity index (χ3n) is 4.05. The fourth-order valence-electron chi connectivity index (χ4n) is 2.83. The highest BCUT2D eigenvalue weighted by Crippen LogP contribution is 2.36. The molecular formula is C19H10ClF4N3. The van der Waals surface area contributed by atoms with Gasteiger partial charge in [0.15, 0.2) is 0 Å². The fraction of sp³-hybridized carbons (Fsp3) is 0.0526. The molecule has 0 spiro atoms. The highest BCUT2D eigenvalue weighted by atomic mass is 35.5. The summed E-state index contributed by atoms with van der Waals surface area (Å²) < 4.78 is 54.2. The van der Waals surface area contributed by atoms with E-state index in [9.17, 15) is 17.6 Å². The van der Waals surface area contributed by atoms with Crippen LogP contribution in [-0.2, 0) is 6.18 Å². The van der Waals surface area contributed by atoms with Gasteiger partial charge < -0.3 is 4.98 Å². The number of nitrogens with zero attached hydrogens (tertiary/aromatic N) is 2. The van der Waals surface area contributed by atoms with E-state index in [-0.39, 0.29) is 22.6 Å². The number of pyridine rings is 1. The first kappa shape index (κ1) is 17.5. The highest BCUT2D eigenvalue weighted by Gasteiger charge is 2.34. The van der Waals surface area contributed by atoms with Gasteiger partial charge in [0.2, 0.25) is 0 Å². The third kappa shape index (κ3) is 3.26. The number of aromatic amines is 1. The first-order chi connectivity index (χ1) is 12.8. The van der Waals surface area contributed by atoms with Crippen LogP contribution in [0.4, 0.5) is 17.6 Å². The molecule has 0 fully saturated rings. The largest absolute Gasteiger partial charge is 0.418 e. The summed E-state index contributed by atoms with van der Waals surface area (Å²) in [5, 5.41) is 0.503. The predicted molar refractivity (Wildman–Crippen MR) is 94.7 cm³/mol. The number of alkyl halides is 3. The Morgan fingerprint density at radius 2 is 1.81 bits per heavy atom. The van der Waals surface area contributed by atoms with E-state index in [0.29, 0.717) is 16.1 Å². The van der Waals surface area contributed by atoms with Gasteiger partial charge in [0.1, 0.15) is 11.6 Å². The average molecular weight is 392 g/mol. The van der Waals surface area contributed by atoms with Crippen LogP contribution in [0.25, 0.3) is 33.7 Å². The number of hydrogen-bond donors (Lipinski definition) is 1. The Labute approximate surface area is 155 Å². The van der Waals surface area contributed by atoms with Crippen LogP contribution in [0.3, 0.4) is 0 Å². The van der Waals surface area contributed by atoms with Crippen molar-refractivity contribution < 1.29 is 17.6 Å². The summed E-state index contributed by atoms with van der Waals surface area (Å²) in [6.45, 7) is 0. The minimum Gasteiger partial charge on any atom is -0.338 e.